The van der Waals surface area contributed by atoms with Crippen LogP contribution in [0.4, 0.5) is 0 Å². The lowest BCUT2D eigenvalue weighted by atomic mass is 10.1. The Labute approximate surface area is 79.0 Å². The van der Waals surface area contributed by atoms with Gasteiger partial charge in [0.1, 0.15) is 0 Å². The first-order valence-electron chi connectivity index (χ1n) is 4.56. The maximum Gasteiger partial charge on any atom is 0.0644 e. The smallest absolute Gasteiger partial charge is 0.0644 e. The van der Waals surface area contributed by atoms with E-state index in [1.165, 1.54) is 5.56 Å². The lowest BCUT2D eigenvalue weighted by Crippen LogP contribution is -2.04. The quantitative estimate of drug-likeness (QED) is 0.711. The van der Waals surface area contributed by atoms with Crippen LogP contribution in [0.5, 0.6) is 0 Å². The monoisotopic (exact) mass is 177 g/mol. The fourth-order valence-electron chi connectivity index (χ4n) is 1.12. The van der Waals surface area contributed by atoms with Crippen LogP contribution in [-0.4, -0.2) is 9.78 Å². The molecule has 1 aromatic heterocycles. The van der Waals surface area contributed by atoms with Gasteiger partial charge in [0.05, 0.1) is 24.7 Å². The van der Waals surface area contributed by atoms with Crippen molar-refractivity contribution in [2.45, 2.75) is 39.2 Å². The van der Waals surface area contributed by atoms with Crippen LogP contribution in [0.15, 0.2) is 12.4 Å². The zero-order valence-electron chi connectivity index (χ0n) is 8.36. The molecule has 0 bridgehead atoms. The molecule has 0 aliphatic heterocycles. The molecule has 0 aromatic carbocycles. The SMILES string of the molecule is CC(C)c1cnn(C(C)CC#N)c1. The minimum atomic E-state index is 0.178. The number of nitrogens with zero attached hydrogens (tertiary/aromatic N) is 3. The van der Waals surface area contributed by atoms with Crippen LogP contribution in [0.25, 0.3) is 0 Å². The van der Waals surface area contributed by atoms with E-state index in [0.29, 0.717) is 12.3 Å². The molecule has 0 aliphatic carbocycles. The summed E-state index contributed by atoms with van der Waals surface area (Å²) in [5.41, 5.74) is 1.23. The summed E-state index contributed by atoms with van der Waals surface area (Å²) >= 11 is 0. The summed E-state index contributed by atoms with van der Waals surface area (Å²) in [6.45, 7) is 6.27. The first-order chi connectivity index (χ1) is 6.15. The van der Waals surface area contributed by atoms with Gasteiger partial charge in [-0.25, -0.2) is 0 Å². The highest BCUT2D eigenvalue weighted by Gasteiger charge is 2.07. The minimum absolute atomic E-state index is 0.178. The van der Waals surface area contributed by atoms with E-state index >= 15 is 0 Å². The molecule has 0 N–H and O–H groups in total. The van der Waals surface area contributed by atoms with Crippen molar-refractivity contribution in [2.75, 3.05) is 0 Å². The molecule has 0 saturated heterocycles. The summed E-state index contributed by atoms with van der Waals surface area (Å²) in [5.74, 6) is 0.503. The summed E-state index contributed by atoms with van der Waals surface area (Å²) in [5, 5.41) is 12.7. The van der Waals surface area contributed by atoms with Crippen LogP contribution < -0.4 is 0 Å². The summed E-state index contributed by atoms with van der Waals surface area (Å²) in [6, 6.07) is 2.32. The van der Waals surface area contributed by atoms with Gasteiger partial charge >= 0.3 is 0 Å². The fraction of sp³-hybridized carbons (Fsp3) is 0.600. The summed E-state index contributed by atoms with van der Waals surface area (Å²) in [6.07, 6.45) is 4.41. The second kappa shape index (κ2) is 4.08. The van der Waals surface area contributed by atoms with E-state index in [9.17, 15) is 0 Å². The van der Waals surface area contributed by atoms with Crippen molar-refractivity contribution in [1.29, 1.82) is 5.26 Å². The van der Waals surface area contributed by atoms with Gasteiger partial charge in [0, 0.05) is 6.20 Å². The molecule has 3 heteroatoms. The Morgan fingerprint density at radius 1 is 1.54 bits per heavy atom. The molecule has 0 aliphatic rings. The average molecular weight is 177 g/mol. The Bertz CT molecular complexity index is 306. The molecule has 13 heavy (non-hydrogen) atoms. The maximum atomic E-state index is 8.52. The molecule has 1 rings (SSSR count). The topological polar surface area (TPSA) is 41.6 Å². The molecule has 0 fully saturated rings. The largest absolute Gasteiger partial charge is 0.269 e. The number of aromatic nitrogens is 2. The molecule has 1 unspecified atom stereocenters. The van der Waals surface area contributed by atoms with Crippen molar-refractivity contribution in [3.05, 3.63) is 18.0 Å². The predicted molar refractivity (Wildman–Crippen MR) is 51.3 cm³/mol. The first-order valence-corrected chi connectivity index (χ1v) is 4.56. The number of rotatable bonds is 3. The Kier molecular flexibility index (Phi) is 3.07. The highest BCUT2D eigenvalue weighted by atomic mass is 15.3. The second-order valence-corrected chi connectivity index (χ2v) is 3.62. The molecule has 0 spiro atoms. The van der Waals surface area contributed by atoms with Crippen molar-refractivity contribution in [1.82, 2.24) is 9.78 Å². The van der Waals surface area contributed by atoms with Crippen LogP contribution >= 0.6 is 0 Å². The lowest BCUT2D eigenvalue weighted by molar-refractivity contribution is 0.500. The summed E-state index contributed by atoms with van der Waals surface area (Å²) < 4.78 is 1.86. The molecule has 1 aromatic rings. The number of nitriles is 1. The van der Waals surface area contributed by atoms with Gasteiger partial charge < -0.3 is 0 Å². The zero-order valence-corrected chi connectivity index (χ0v) is 8.36. The Morgan fingerprint density at radius 2 is 2.23 bits per heavy atom. The summed E-state index contributed by atoms with van der Waals surface area (Å²) in [4.78, 5) is 0. The molecular weight excluding hydrogens is 162 g/mol. The summed E-state index contributed by atoms with van der Waals surface area (Å²) in [7, 11) is 0. The van der Waals surface area contributed by atoms with Crippen LogP contribution in [0.2, 0.25) is 0 Å². The lowest BCUT2D eigenvalue weighted by Gasteiger charge is -2.06. The van der Waals surface area contributed by atoms with E-state index in [2.05, 4.69) is 25.0 Å². The van der Waals surface area contributed by atoms with E-state index in [1.807, 2.05) is 24.0 Å². The van der Waals surface area contributed by atoms with Crippen molar-refractivity contribution in [3.63, 3.8) is 0 Å². The molecule has 0 saturated carbocycles. The molecule has 1 heterocycles. The number of hydrogen-bond donors (Lipinski definition) is 0. The highest BCUT2D eigenvalue weighted by Crippen LogP contribution is 2.16. The van der Waals surface area contributed by atoms with Gasteiger partial charge in [-0.3, -0.25) is 4.68 Å². The van der Waals surface area contributed by atoms with Crippen molar-refractivity contribution >= 4 is 0 Å². The van der Waals surface area contributed by atoms with Crippen LogP contribution in [0.1, 0.15) is 44.7 Å². The Balaban J connectivity index is 2.74. The zero-order chi connectivity index (χ0) is 9.84. The van der Waals surface area contributed by atoms with Crippen LogP contribution in [0, 0.1) is 11.3 Å². The Hall–Kier alpha value is -1.30. The molecule has 3 nitrogen and oxygen atoms in total. The third-order valence-corrected chi connectivity index (χ3v) is 2.13. The molecule has 0 radical (unpaired) electrons. The van der Waals surface area contributed by atoms with Crippen LogP contribution in [-0.2, 0) is 0 Å². The third-order valence-electron chi connectivity index (χ3n) is 2.13. The molecule has 1 atom stereocenters. The van der Waals surface area contributed by atoms with Gasteiger partial charge in [-0.15, -0.1) is 0 Å². The van der Waals surface area contributed by atoms with Gasteiger partial charge in [0.25, 0.3) is 0 Å². The van der Waals surface area contributed by atoms with E-state index in [4.69, 9.17) is 5.26 Å². The van der Waals surface area contributed by atoms with Gasteiger partial charge in [-0.2, -0.15) is 10.4 Å². The third kappa shape index (κ3) is 2.32. The van der Waals surface area contributed by atoms with Crippen molar-refractivity contribution in [2.24, 2.45) is 0 Å². The Morgan fingerprint density at radius 3 is 2.69 bits per heavy atom. The van der Waals surface area contributed by atoms with Gasteiger partial charge in [0.15, 0.2) is 0 Å². The van der Waals surface area contributed by atoms with Gasteiger partial charge in [-0.05, 0) is 18.4 Å². The van der Waals surface area contributed by atoms with E-state index in [1.54, 1.807) is 0 Å². The minimum Gasteiger partial charge on any atom is -0.269 e. The second-order valence-electron chi connectivity index (χ2n) is 3.62. The molecular formula is C10H15N3. The first kappa shape index (κ1) is 9.79. The fourth-order valence-corrected chi connectivity index (χ4v) is 1.12. The van der Waals surface area contributed by atoms with E-state index < -0.39 is 0 Å². The van der Waals surface area contributed by atoms with Crippen molar-refractivity contribution < 1.29 is 0 Å². The van der Waals surface area contributed by atoms with Gasteiger partial charge in [0.2, 0.25) is 0 Å². The van der Waals surface area contributed by atoms with E-state index in [-0.39, 0.29) is 6.04 Å². The normalized spacial score (nSPS) is 12.8. The van der Waals surface area contributed by atoms with E-state index in [0.717, 1.165) is 0 Å². The molecule has 70 valence electrons. The molecule has 0 amide bonds. The predicted octanol–water partition coefficient (Wildman–Crippen LogP) is 2.48. The maximum absolute atomic E-state index is 8.52. The highest BCUT2D eigenvalue weighted by molar-refractivity contribution is 5.09. The average Bonchev–Trinajstić information content (AvgIpc) is 2.52. The van der Waals surface area contributed by atoms with Gasteiger partial charge in [-0.1, -0.05) is 13.8 Å². The standard InChI is InChI=1S/C10H15N3/c1-8(2)10-6-12-13(7-10)9(3)4-5-11/h6-9H,4H2,1-3H3. The number of hydrogen-bond acceptors (Lipinski definition) is 2. The van der Waals surface area contributed by atoms with Crippen molar-refractivity contribution in [3.8, 4) is 6.07 Å². The van der Waals surface area contributed by atoms with Crippen LogP contribution in [0.3, 0.4) is 0 Å².